The fraction of sp³-hybridized carbons (Fsp3) is 0.583. The number of carbonyl (C=O) groups excluding carboxylic acids is 3. The number of carbonyl (C=O) groups is 3. The summed E-state index contributed by atoms with van der Waals surface area (Å²) < 4.78 is 105. The second-order valence-electron chi connectivity index (χ2n) is 15.1. The van der Waals surface area contributed by atoms with E-state index in [1.54, 1.807) is 36.2 Å². The van der Waals surface area contributed by atoms with Gasteiger partial charge in [-0.1, -0.05) is 11.1 Å². The largest absolute Gasteiger partial charge is 0.333 e. The summed E-state index contributed by atoms with van der Waals surface area (Å²) in [6.45, 7) is 5.98. The van der Waals surface area contributed by atoms with Crippen molar-refractivity contribution in [1.82, 2.24) is 10.1 Å². The molecule has 2 atom stereocenters. The van der Waals surface area contributed by atoms with Gasteiger partial charge in [-0.2, -0.15) is 34.9 Å². The molecule has 1 fully saturated rings. The fourth-order valence-electron chi connectivity index (χ4n) is 7.57. The molecule has 0 saturated carbocycles. The van der Waals surface area contributed by atoms with E-state index in [2.05, 4.69) is 14.5 Å². The lowest BCUT2D eigenvalue weighted by Crippen LogP contribution is -2.32. The molecule has 0 aliphatic carbocycles. The summed E-state index contributed by atoms with van der Waals surface area (Å²) in [7, 11) is -12.9. The molecule has 4 rings (SSSR count). The first-order chi connectivity index (χ1) is 28.0. The number of nitrogens with zero attached hydrogens (tertiary/aromatic N) is 4. The lowest BCUT2D eigenvalue weighted by molar-refractivity contribution is -0.438. The zero-order chi connectivity index (χ0) is 44.5. The smallest absolute Gasteiger partial charge is 0.330 e. The second kappa shape index (κ2) is 20.5. The van der Waals surface area contributed by atoms with Crippen LogP contribution in [0.3, 0.4) is 0 Å². The Kier molecular flexibility index (Phi) is 16.8. The summed E-state index contributed by atoms with van der Waals surface area (Å²) in [5.41, 5.74) is 1.64. The average molecular weight is 924 g/mol. The Hall–Kier alpha value is -3.59. The van der Waals surface area contributed by atoms with E-state index in [1.165, 1.54) is 0 Å². The Labute approximate surface area is 353 Å². The predicted octanol–water partition coefficient (Wildman–Crippen LogP) is 4.39. The van der Waals surface area contributed by atoms with Gasteiger partial charge in [0.15, 0.2) is 5.71 Å². The van der Waals surface area contributed by atoms with E-state index in [1.807, 2.05) is 30.6 Å². The number of hydroxylamine groups is 2. The third kappa shape index (κ3) is 13.5. The monoisotopic (exact) mass is 923 g/mol. The zero-order valence-electron chi connectivity index (χ0n) is 33.4. The number of rotatable bonds is 24. The Morgan fingerprint density at radius 1 is 0.883 bits per heavy atom. The van der Waals surface area contributed by atoms with Gasteiger partial charge in [0.05, 0.1) is 34.7 Å². The highest BCUT2D eigenvalue weighted by Gasteiger charge is 2.48. The highest BCUT2D eigenvalue weighted by atomic mass is 32.2. The lowest BCUT2D eigenvalue weighted by atomic mass is 9.75. The van der Waals surface area contributed by atoms with E-state index >= 15 is 0 Å². The first kappa shape index (κ1) is 49.1. The van der Waals surface area contributed by atoms with E-state index in [-0.39, 0.29) is 57.9 Å². The maximum atomic E-state index is 12.4. The van der Waals surface area contributed by atoms with Crippen LogP contribution in [0.25, 0.3) is 0 Å². The SMILES string of the molecule is CC1=NN(CCCS(=O)(=O)O)/C(=C\C=C\C2=[N+](CCCCCC(=O)ON3C(=O)CCC3=O)c3ccc(SOOO)cc3C2(C)CCCS(=O)(=O)O)C1(C)CCCS(=O)(=O)O. The highest BCUT2D eigenvalue weighted by Crippen LogP contribution is 2.46. The summed E-state index contributed by atoms with van der Waals surface area (Å²) in [4.78, 5) is 41.6. The van der Waals surface area contributed by atoms with E-state index < -0.39 is 76.2 Å². The molecule has 334 valence electrons. The normalized spacial score (nSPS) is 21.9. The Morgan fingerprint density at radius 2 is 1.48 bits per heavy atom. The molecule has 0 radical (unpaired) electrons. The Bertz CT molecular complexity index is 2240. The molecule has 4 N–H and O–H groups in total. The number of imide groups is 1. The summed E-state index contributed by atoms with van der Waals surface area (Å²) in [6, 6.07) is 5.34. The van der Waals surface area contributed by atoms with Crippen LogP contribution >= 0.6 is 12.0 Å². The standard InChI is InChI=1S/C36H50N4O16S4/c1-26-35(2,18-8-22-58(45,46)47)31(39(37-26)21-10-24-60(51,52)53)12-7-11-30-36(3,19-9-23-59(48,49)50)28-25-27(57-56-55-44)14-15-29(28)38(30)20-6-4-5-13-34(43)54-40-32(41)16-17-33(40)42/h7,11-12,14-15,25H,4-6,8-10,13,16-24H2,1-3H3,(H3-,44,45,46,47,48,49,50,51,52,53)/p+1. The number of hydrazone groups is 1. The second-order valence-corrected chi connectivity index (χ2v) is 20.6. The molecule has 1 aromatic carbocycles. The van der Waals surface area contributed by atoms with E-state index in [9.17, 15) is 53.3 Å². The van der Waals surface area contributed by atoms with Crippen molar-refractivity contribution in [1.29, 1.82) is 0 Å². The molecule has 20 nitrogen and oxygen atoms in total. The summed E-state index contributed by atoms with van der Waals surface area (Å²) in [6.07, 6.45) is 7.27. The minimum Gasteiger partial charge on any atom is -0.330 e. The number of hydrogen-bond donors (Lipinski definition) is 4. The van der Waals surface area contributed by atoms with Crippen molar-refractivity contribution in [2.75, 3.05) is 30.3 Å². The molecular formula is C36H51N4O16S4+. The molecule has 1 aromatic rings. The van der Waals surface area contributed by atoms with Crippen molar-refractivity contribution in [3.8, 4) is 0 Å². The molecule has 3 heterocycles. The van der Waals surface area contributed by atoms with Gasteiger partial charge in [0.2, 0.25) is 5.69 Å². The third-order valence-corrected chi connectivity index (χ3v) is 13.7. The first-order valence-electron chi connectivity index (χ1n) is 19.1. The number of hydrogen-bond acceptors (Lipinski definition) is 16. The fourth-order valence-corrected chi connectivity index (χ4v) is 9.48. The van der Waals surface area contributed by atoms with Gasteiger partial charge in [-0.25, -0.2) is 10.1 Å². The van der Waals surface area contributed by atoms with Gasteiger partial charge in [0, 0.05) is 71.7 Å². The van der Waals surface area contributed by atoms with Crippen molar-refractivity contribution in [2.24, 2.45) is 10.5 Å². The van der Waals surface area contributed by atoms with Gasteiger partial charge in [-0.15, -0.1) is 9.40 Å². The van der Waals surface area contributed by atoms with Crippen molar-refractivity contribution < 1.29 is 77.3 Å². The number of unbranched alkanes of at least 4 members (excludes halogenated alkanes) is 2. The van der Waals surface area contributed by atoms with E-state index in [0.29, 0.717) is 52.9 Å². The topological polar surface area (TPSA) is 284 Å². The number of amides is 2. The molecule has 0 spiro atoms. The average Bonchev–Trinajstić information content (AvgIpc) is 3.66. The van der Waals surface area contributed by atoms with Crippen molar-refractivity contribution in [3.63, 3.8) is 0 Å². The molecular weight excluding hydrogens is 873 g/mol. The van der Waals surface area contributed by atoms with E-state index in [0.717, 1.165) is 23.3 Å². The Morgan fingerprint density at radius 3 is 2.08 bits per heavy atom. The molecule has 3 aliphatic rings. The summed E-state index contributed by atoms with van der Waals surface area (Å²) in [5.74, 6) is -3.41. The molecule has 3 aliphatic heterocycles. The zero-order valence-corrected chi connectivity index (χ0v) is 36.7. The number of benzene rings is 1. The van der Waals surface area contributed by atoms with Gasteiger partial charge in [0.1, 0.15) is 6.54 Å². The van der Waals surface area contributed by atoms with E-state index in [4.69, 9.17) is 10.1 Å². The summed E-state index contributed by atoms with van der Waals surface area (Å²) in [5, 5.41) is 19.3. The van der Waals surface area contributed by atoms with Crippen LogP contribution in [-0.4, -0.2) is 118 Å². The van der Waals surface area contributed by atoms with Crippen LogP contribution in [0.5, 0.6) is 0 Å². The summed E-state index contributed by atoms with van der Waals surface area (Å²) >= 11 is 0.729. The minimum absolute atomic E-state index is 0.0155. The van der Waals surface area contributed by atoms with Gasteiger partial charge < -0.3 is 4.84 Å². The molecule has 1 saturated heterocycles. The van der Waals surface area contributed by atoms with Crippen LogP contribution in [0.1, 0.15) is 97.0 Å². The molecule has 0 bridgehead atoms. The van der Waals surface area contributed by atoms with Crippen LogP contribution < -0.4 is 0 Å². The predicted molar refractivity (Wildman–Crippen MR) is 217 cm³/mol. The first-order valence-corrected chi connectivity index (χ1v) is 24.6. The molecule has 0 aromatic heterocycles. The van der Waals surface area contributed by atoms with Crippen molar-refractivity contribution in [3.05, 3.63) is 47.7 Å². The van der Waals surface area contributed by atoms with Gasteiger partial charge in [-0.3, -0.25) is 28.3 Å². The quantitative estimate of drug-likeness (QED) is 0.0213. The Balaban J connectivity index is 1.71. The van der Waals surface area contributed by atoms with Crippen LogP contribution in [0.4, 0.5) is 5.69 Å². The number of allylic oxidation sites excluding steroid dienone is 4. The van der Waals surface area contributed by atoms with Gasteiger partial charge >= 0.3 is 5.97 Å². The third-order valence-electron chi connectivity index (χ3n) is 10.7. The molecule has 2 amide bonds. The lowest BCUT2D eigenvalue weighted by Gasteiger charge is -2.29. The minimum atomic E-state index is -4.32. The highest BCUT2D eigenvalue weighted by molar-refractivity contribution is 7.94. The maximum absolute atomic E-state index is 12.4. The molecule has 60 heavy (non-hydrogen) atoms. The van der Waals surface area contributed by atoms with Crippen molar-refractivity contribution >= 4 is 77.3 Å². The molecule has 24 heteroatoms. The van der Waals surface area contributed by atoms with Crippen LogP contribution in [0.15, 0.2) is 52.1 Å². The van der Waals surface area contributed by atoms with Crippen LogP contribution in [0.2, 0.25) is 0 Å². The molecule has 2 unspecified atom stereocenters. The number of fused-ring (bicyclic) bond motifs is 1. The van der Waals surface area contributed by atoms with Crippen molar-refractivity contribution in [2.45, 2.75) is 102 Å². The van der Waals surface area contributed by atoms with Crippen LogP contribution in [0, 0.1) is 5.41 Å². The van der Waals surface area contributed by atoms with Gasteiger partial charge in [-0.05, 0) is 83.9 Å². The van der Waals surface area contributed by atoms with Gasteiger partial charge in [0.25, 0.3) is 42.2 Å². The van der Waals surface area contributed by atoms with Crippen LogP contribution in [-0.2, 0) is 64.4 Å². The maximum Gasteiger partial charge on any atom is 0.333 e.